The van der Waals surface area contributed by atoms with Crippen LogP contribution in [0.2, 0.25) is 0 Å². The summed E-state index contributed by atoms with van der Waals surface area (Å²) in [4.78, 5) is 21.3. The molecule has 0 aliphatic rings. The van der Waals surface area contributed by atoms with Gasteiger partial charge in [-0.3, -0.25) is 14.9 Å². The largest absolute Gasteiger partial charge is 0.281 e. The average molecular weight is 256 g/mol. The third-order valence-electron chi connectivity index (χ3n) is 2.63. The number of benzene rings is 1. The summed E-state index contributed by atoms with van der Waals surface area (Å²) < 4.78 is 0. The van der Waals surface area contributed by atoms with E-state index in [1.165, 1.54) is 12.1 Å². The highest BCUT2D eigenvalue weighted by Crippen LogP contribution is 2.26. The maximum atomic E-state index is 11.3. The van der Waals surface area contributed by atoms with Crippen LogP contribution in [-0.2, 0) is 4.79 Å². The molecule has 0 radical (unpaired) electrons. The van der Waals surface area contributed by atoms with Crippen LogP contribution in [0.15, 0.2) is 24.3 Å². The molecular weight excluding hydrogens is 242 g/mol. The predicted molar refractivity (Wildman–Crippen MR) is 66.2 cm³/mol. The van der Waals surface area contributed by atoms with Gasteiger partial charge < -0.3 is 0 Å². The molecule has 0 bridgehead atoms. The van der Waals surface area contributed by atoms with Crippen molar-refractivity contribution in [3.8, 4) is 0 Å². The van der Waals surface area contributed by atoms with E-state index >= 15 is 0 Å². The van der Waals surface area contributed by atoms with Crippen LogP contribution in [0.5, 0.6) is 0 Å². The first-order valence-electron chi connectivity index (χ1n) is 5.50. The third kappa shape index (κ3) is 3.82. The number of rotatable bonds is 6. The van der Waals surface area contributed by atoms with E-state index in [-0.39, 0.29) is 11.6 Å². The fourth-order valence-corrected chi connectivity index (χ4v) is 1.88. The lowest BCUT2D eigenvalue weighted by Gasteiger charge is -2.11. The van der Waals surface area contributed by atoms with Gasteiger partial charge in [-0.15, -0.1) is 0 Å². The second kappa shape index (κ2) is 6.35. The lowest BCUT2D eigenvalue weighted by atomic mass is 9.95. The molecule has 0 saturated carbocycles. The Morgan fingerprint density at radius 3 is 2.41 bits per heavy atom. The van der Waals surface area contributed by atoms with E-state index in [1.807, 2.05) is 6.92 Å². The Balaban J connectivity index is 2.87. The van der Waals surface area contributed by atoms with Gasteiger partial charge >= 0.3 is 0 Å². The fourth-order valence-electron chi connectivity index (χ4n) is 1.65. The maximum Gasteiger partial charge on any atom is 0.269 e. The summed E-state index contributed by atoms with van der Waals surface area (Å²) in [5.41, 5.74) is 0.758. The normalized spacial score (nSPS) is 12.1. The standard InChI is InChI=1S/C12H14ClNO3/c1-2-3-4-11(12(13)15)9-5-7-10(8-6-9)14(16)17/h5-8,11H,2-4H2,1H3. The molecule has 1 atom stereocenters. The highest BCUT2D eigenvalue weighted by atomic mass is 35.5. The van der Waals surface area contributed by atoms with E-state index in [0.717, 1.165) is 18.4 Å². The Morgan fingerprint density at radius 2 is 2.00 bits per heavy atom. The summed E-state index contributed by atoms with van der Waals surface area (Å²) in [6.07, 6.45) is 2.56. The van der Waals surface area contributed by atoms with Gasteiger partial charge in [-0.05, 0) is 23.6 Å². The zero-order chi connectivity index (χ0) is 12.8. The Hall–Kier alpha value is -1.42. The van der Waals surface area contributed by atoms with Crippen LogP contribution < -0.4 is 0 Å². The van der Waals surface area contributed by atoms with Crippen molar-refractivity contribution in [3.63, 3.8) is 0 Å². The summed E-state index contributed by atoms with van der Waals surface area (Å²) in [6.45, 7) is 2.03. The van der Waals surface area contributed by atoms with Crippen LogP contribution in [0.4, 0.5) is 5.69 Å². The number of carbonyl (C=O) groups excluding carboxylic acids is 1. The molecule has 4 nitrogen and oxygen atoms in total. The molecule has 0 aromatic heterocycles. The molecule has 5 heteroatoms. The van der Waals surface area contributed by atoms with Crippen molar-refractivity contribution in [2.45, 2.75) is 32.1 Å². The van der Waals surface area contributed by atoms with Crippen molar-refractivity contribution in [2.24, 2.45) is 0 Å². The zero-order valence-electron chi connectivity index (χ0n) is 9.56. The van der Waals surface area contributed by atoms with Crippen molar-refractivity contribution < 1.29 is 9.72 Å². The highest BCUT2D eigenvalue weighted by molar-refractivity contribution is 6.64. The number of unbranched alkanes of at least 4 members (excludes halogenated alkanes) is 1. The van der Waals surface area contributed by atoms with Gasteiger partial charge in [0.15, 0.2) is 0 Å². The number of carbonyl (C=O) groups is 1. The fraction of sp³-hybridized carbons (Fsp3) is 0.417. The monoisotopic (exact) mass is 255 g/mol. The minimum atomic E-state index is -0.465. The Bertz CT molecular complexity index is 403. The van der Waals surface area contributed by atoms with E-state index in [1.54, 1.807) is 12.1 Å². The molecule has 0 saturated heterocycles. The van der Waals surface area contributed by atoms with Crippen molar-refractivity contribution in [3.05, 3.63) is 39.9 Å². The van der Waals surface area contributed by atoms with Crippen LogP contribution in [0.25, 0.3) is 0 Å². The molecule has 0 heterocycles. The molecule has 0 spiro atoms. The van der Waals surface area contributed by atoms with Gasteiger partial charge in [-0.1, -0.05) is 31.9 Å². The quantitative estimate of drug-likeness (QED) is 0.443. The number of nitro groups is 1. The van der Waals surface area contributed by atoms with Crippen molar-refractivity contribution >= 4 is 22.5 Å². The average Bonchev–Trinajstić information content (AvgIpc) is 2.29. The molecular formula is C12H14ClNO3. The summed E-state index contributed by atoms with van der Waals surface area (Å²) in [7, 11) is 0. The molecule has 1 unspecified atom stereocenters. The van der Waals surface area contributed by atoms with E-state index in [9.17, 15) is 14.9 Å². The number of nitrogens with zero attached hydrogens (tertiary/aromatic N) is 1. The van der Waals surface area contributed by atoms with Gasteiger partial charge in [-0.25, -0.2) is 0 Å². The number of hydrogen-bond acceptors (Lipinski definition) is 3. The second-order valence-electron chi connectivity index (χ2n) is 3.85. The first-order valence-corrected chi connectivity index (χ1v) is 5.87. The first kappa shape index (κ1) is 13.6. The smallest absolute Gasteiger partial charge is 0.269 e. The summed E-state index contributed by atoms with van der Waals surface area (Å²) in [5, 5.41) is 10.1. The number of nitro benzene ring substituents is 1. The van der Waals surface area contributed by atoms with Crippen LogP contribution in [0.1, 0.15) is 37.7 Å². The van der Waals surface area contributed by atoms with Gasteiger partial charge in [0.1, 0.15) is 0 Å². The van der Waals surface area contributed by atoms with Crippen molar-refractivity contribution in [2.75, 3.05) is 0 Å². The highest BCUT2D eigenvalue weighted by Gasteiger charge is 2.18. The minimum Gasteiger partial charge on any atom is -0.281 e. The zero-order valence-corrected chi connectivity index (χ0v) is 10.3. The molecule has 92 valence electrons. The molecule has 17 heavy (non-hydrogen) atoms. The lowest BCUT2D eigenvalue weighted by Crippen LogP contribution is -2.06. The van der Waals surface area contributed by atoms with Crippen molar-refractivity contribution in [1.82, 2.24) is 0 Å². The van der Waals surface area contributed by atoms with Gasteiger partial charge in [0, 0.05) is 12.1 Å². The lowest BCUT2D eigenvalue weighted by molar-refractivity contribution is -0.384. The van der Waals surface area contributed by atoms with Crippen LogP contribution in [-0.4, -0.2) is 10.2 Å². The minimum absolute atomic E-state index is 0.0185. The molecule has 0 aliphatic heterocycles. The SMILES string of the molecule is CCCCC(C(=O)Cl)c1ccc([N+](=O)[O-])cc1. The first-order chi connectivity index (χ1) is 8.06. The topological polar surface area (TPSA) is 60.2 Å². The molecule has 0 amide bonds. The van der Waals surface area contributed by atoms with E-state index in [4.69, 9.17) is 11.6 Å². The molecule has 0 N–H and O–H groups in total. The number of hydrogen-bond donors (Lipinski definition) is 0. The third-order valence-corrected chi connectivity index (χ3v) is 2.89. The molecule has 1 rings (SSSR count). The van der Waals surface area contributed by atoms with E-state index in [2.05, 4.69) is 0 Å². The second-order valence-corrected chi connectivity index (χ2v) is 4.22. The summed E-state index contributed by atoms with van der Waals surface area (Å²) in [5.74, 6) is -0.363. The van der Waals surface area contributed by atoms with E-state index < -0.39 is 10.2 Å². The maximum absolute atomic E-state index is 11.3. The van der Waals surface area contributed by atoms with Crippen molar-refractivity contribution in [1.29, 1.82) is 0 Å². The van der Waals surface area contributed by atoms with Crippen LogP contribution in [0.3, 0.4) is 0 Å². The molecule has 0 aliphatic carbocycles. The number of non-ortho nitro benzene ring substituents is 1. The van der Waals surface area contributed by atoms with Gasteiger partial charge in [0.25, 0.3) is 5.69 Å². The Labute approximate surface area is 105 Å². The Morgan fingerprint density at radius 1 is 1.41 bits per heavy atom. The van der Waals surface area contributed by atoms with Gasteiger partial charge in [-0.2, -0.15) is 0 Å². The van der Waals surface area contributed by atoms with Crippen LogP contribution in [0, 0.1) is 10.1 Å². The molecule has 1 aromatic rings. The number of halogens is 1. The predicted octanol–water partition coefficient (Wildman–Crippen LogP) is 3.63. The summed E-state index contributed by atoms with van der Waals surface area (Å²) in [6, 6.07) is 5.99. The summed E-state index contributed by atoms with van der Waals surface area (Å²) >= 11 is 5.54. The Kier molecular flexibility index (Phi) is 5.10. The van der Waals surface area contributed by atoms with Crippen LogP contribution >= 0.6 is 11.6 Å². The van der Waals surface area contributed by atoms with E-state index in [0.29, 0.717) is 6.42 Å². The van der Waals surface area contributed by atoms with Gasteiger partial charge in [0.2, 0.25) is 5.24 Å². The van der Waals surface area contributed by atoms with Gasteiger partial charge in [0.05, 0.1) is 10.8 Å². The molecule has 0 fully saturated rings. The molecule has 1 aromatic carbocycles.